The van der Waals surface area contributed by atoms with E-state index < -0.39 is 0 Å². The predicted octanol–water partition coefficient (Wildman–Crippen LogP) is 1.56. The lowest BCUT2D eigenvalue weighted by Crippen LogP contribution is -2.48. The van der Waals surface area contributed by atoms with Gasteiger partial charge in [0.2, 0.25) is 0 Å². The highest BCUT2D eigenvalue weighted by Gasteiger charge is 2.43. The molecule has 1 saturated heterocycles. The SMILES string of the molecule is COCC12CCCNC1CCC2. The topological polar surface area (TPSA) is 21.3 Å². The molecule has 1 aliphatic heterocycles. The molecule has 70 valence electrons. The van der Waals surface area contributed by atoms with Gasteiger partial charge >= 0.3 is 0 Å². The second-order valence-electron chi connectivity index (χ2n) is 4.30. The summed E-state index contributed by atoms with van der Waals surface area (Å²) in [6.45, 7) is 2.18. The largest absolute Gasteiger partial charge is 0.384 e. The van der Waals surface area contributed by atoms with Gasteiger partial charge in [0.15, 0.2) is 0 Å². The van der Waals surface area contributed by atoms with Gasteiger partial charge in [-0.25, -0.2) is 0 Å². The molecule has 1 heterocycles. The lowest BCUT2D eigenvalue weighted by molar-refractivity contribution is 0.0407. The minimum absolute atomic E-state index is 0.507. The summed E-state index contributed by atoms with van der Waals surface area (Å²) in [5, 5.41) is 3.63. The molecule has 0 amide bonds. The van der Waals surface area contributed by atoms with E-state index in [9.17, 15) is 0 Å². The summed E-state index contributed by atoms with van der Waals surface area (Å²) >= 11 is 0. The highest BCUT2D eigenvalue weighted by atomic mass is 16.5. The van der Waals surface area contributed by atoms with E-state index in [1.54, 1.807) is 0 Å². The van der Waals surface area contributed by atoms with E-state index in [0.717, 1.165) is 12.6 Å². The summed E-state index contributed by atoms with van der Waals surface area (Å²) in [7, 11) is 1.83. The van der Waals surface area contributed by atoms with Crippen LogP contribution in [0.5, 0.6) is 0 Å². The molecule has 1 N–H and O–H groups in total. The van der Waals surface area contributed by atoms with Crippen LogP contribution in [0.4, 0.5) is 0 Å². The molecule has 0 aromatic rings. The molecule has 0 spiro atoms. The Labute approximate surface area is 74.7 Å². The second-order valence-corrected chi connectivity index (χ2v) is 4.30. The first-order chi connectivity index (χ1) is 5.87. The monoisotopic (exact) mass is 169 g/mol. The second kappa shape index (κ2) is 3.35. The van der Waals surface area contributed by atoms with Crippen molar-refractivity contribution in [2.24, 2.45) is 5.41 Å². The van der Waals surface area contributed by atoms with Gasteiger partial charge in [-0.2, -0.15) is 0 Å². The standard InChI is InChI=1S/C10H19NO/c1-12-8-10-5-2-4-9(10)11-7-3-6-10/h9,11H,2-8H2,1H3. The number of hydrogen-bond acceptors (Lipinski definition) is 2. The molecule has 1 aliphatic carbocycles. The fourth-order valence-electron chi connectivity index (χ4n) is 3.01. The molecule has 0 bridgehead atoms. The predicted molar refractivity (Wildman–Crippen MR) is 49.2 cm³/mol. The number of methoxy groups -OCH3 is 1. The fraction of sp³-hybridized carbons (Fsp3) is 1.00. The highest BCUT2D eigenvalue weighted by Crippen LogP contribution is 2.44. The molecule has 0 radical (unpaired) electrons. The van der Waals surface area contributed by atoms with Crippen molar-refractivity contribution < 1.29 is 4.74 Å². The lowest BCUT2D eigenvalue weighted by atomic mass is 9.76. The lowest BCUT2D eigenvalue weighted by Gasteiger charge is -2.39. The van der Waals surface area contributed by atoms with Crippen LogP contribution in [0.2, 0.25) is 0 Å². The van der Waals surface area contributed by atoms with Gasteiger partial charge in [-0.05, 0) is 32.2 Å². The zero-order valence-electron chi connectivity index (χ0n) is 7.94. The maximum atomic E-state index is 5.35. The van der Waals surface area contributed by atoms with Crippen LogP contribution in [0, 0.1) is 5.41 Å². The Balaban J connectivity index is 2.06. The zero-order chi connectivity index (χ0) is 8.44. The minimum atomic E-state index is 0.507. The maximum Gasteiger partial charge on any atom is 0.0533 e. The molecule has 2 rings (SSSR count). The first-order valence-corrected chi connectivity index (χ1v) is 5.10. The average molecular weight is 169 g/mol. The quantitative estimate of drug-likeness (QED) is 0.677. The first kappa shape index (κ1) is 8.52. The van der Waals surface area contributed by atoms with E-state index in [4.69, 9.17) is 4.74 Å². The number of ether oxygens (including phenoxy) is 1. The third kappa shape index (κ3) is 1.27. The summed E-state index contributed by atoms with van der Waals surface area (Å²) in [5.74, 6) is 0. The van der Waals surface area contributed by atoms with E-state index in [-0.39, 0.29) is 0 Å². The van der Waals surface area contributed by atoms with Crippen LogP contribution in [-0.4, -0.2) is 26.3 Å². The van der Waals surface area contributed by atoms with Crippen molar-refractivity contribution >= 4 is 0 Å². The van der Waals surface area contributed by atoms with Gasteiger partial charge in [-0.3, -0.25) is 0 Å². The normalized spacial score (nSPS) is 41.2. The maximum absolute atomic E-state index is 5.35. The summed E-state index contributed by atoms with van der Waals surface area (Å²) < 4.78 is 5.35. The molecule has 2 heteroatoms. The van der Waals surface area contributed by atoms with Gasteiger partial charge in [0, 0.05) is 18.6 Å². The molecular formula is C10H19NO. The van der Waals surface area contributed by atoms with Crippen LogP contribution in [0.25, 0.3) is 0 Å². The van der Waals surface area contributed by atoms with E-state index in [2.05, 4.69) is 5.32 Å². The summed E-state index contributed by atoms with van der Waals surface area (Å²) in [6.07, 6.45) is 6.83. The number of fused-ring (bicyclic) bond motifs is 1. The van der Waals surface area contributed by atoms with Crippen LogP contribution < -0.4 is 5.32 Å². The van der Waals surface area contributed by atoms with Gasteiger partial charge in [0.1, 0.15) is 0 Å². The van der Waals surface area contributed by atoms with E-state index >= 15 is 0 Å². The van der Waals surface area contributed by atoms with Gasteiger partial charge in [-0.15, -0.1) is 0 Å². The molecule has 0 aromatic carbocycles. The Morgan fingerprint density at radius 1 is 1.42 bits per heavy atom. The van der Waals surface area contributed by atoms with Crippen LogP contribution in [-0.2, 0) is 4.74 Å². The summed E-state index contributed by atoms with van der Waals surface area (Å²) in [6, 6.07) is 0.756. The molecular weight excluding hydrogens is 150 g/mol. The molecule has 0 aromatic heterocycles. The number of rotatable bonds is 2. The smallest absolute Gasteiger partial charge is 0.0533 e. The van der Waals surface area contributed by atoms with Crippen LogP contribution in [0.3, 0.4) is 0 Å². The average Bonchev–Trinajstić information content (AvgIpc) is 2.48. The third-order valence-corrected chi connectivity index (χ3v) is 3.58. The van der Waals surface area contributed by atoms with Gasteiger partial charge in [0.05, 0.1) is 6.61 Å². The van der Waals surface area contributed by atoms with E-state index in [0.29, 0.717) is 5.41 Å². The van der Waals surface area contributed by atoms with Crippen molar-refractivity contribution in [3.63, 3.8) is 0 Å². The van der Waals surface area contributed by atoms with Gasteiger partial charge < -0.3 is 10.1 Å². The Hall–Kier alpha value is -0.0800. The fourth-order valence-corrected chi connectivity index (χ4v) is 3.01. The van der Waals surface area contributed by atoms with Crippen molar-refractivity contribution in [3.8, 4) is 0 Å². The van der Waals surface area contributed by atoms with Crippen molar-refractivity contribution in [2.75, 3.05) is 20.3 Å². The van der Waals surface area contributed by atoms with Crippen LogP contribution in [0.1, 0.15) is 32.1 Å². The molecule has 2 nitrogen and oxygen atoms in total. The Kier molecular flexibility index (Phi) is 2.37. The molecule has 1 saturated carbocycles. The van der Waals surface area contributed by atoms with Crippen LogP contribution >= 0.6 is 0 Å². The summed E-state index contributed by atoms with van der Waals surface area (Å²) in [4.78, 5) is 0. The van der Waals surface area contributed by atoms with Crippen molar-refractivity contribution in [1.29, 1.82) is 0 Å². The van der Waals surface area contributed by atoms with Crippen molar-refractivity contribution in [2.45, 2.75) is 38.1 Å². The summed E-state index contributed by atoms with van der Waals surface area (Å²) in [5.41, 5.74) is 0.507. The molecule has 2 fully saturated rings. The van der Waals surface area contributed by atoms with Crippen LogP contribution in [0.15, 0.2) is 0 Å². The highest BCUT2D eigenvalue weighted by molar-refractivity contribution is 4.98. The van der Waals surface area contributed by atoms with Gasteiger partial charge in [0.25, 0.3) is 0 Å². The zero-order valence-corrected chi connectivity index (χ0v) is 7.94. The number of piperidine rings is 1. The number of hydrogen-bond donors (Lipinski definition) is 1. The van der Waals surface area contributed by atoms with E-state index in [1.165, 1.54) is 38.6 Å². The molecule has 2 aliphatic rings. The first-order valence-electron chi connectivity index (χ1n) is 5.10. The molecule has 2 atom stereocenters. The Morgan fingerprint density at radius 3 is 3.08 bits per heavy atom. The third-order valence-electron chi connectivity index (χ3n) is 3.58. The molecule has 2 unspecified atom stereocenters. The Bertz CT molecular complexity index is 156. The van der Waals surface area contributed by atoms with Crippen molar-refractivity contribution in [1.82, 2.24) is 5.32 Å². The molecule has 12 heavy (non-hydrogen) atoms. The Morgan fingerprint density at radius 2 is 2.25 bits per heavy atom. The number of nitrogens with one attached hydrogen (secondary N) is 1. The van der Waals surface area contributed by atoms with E-state index in [1.807, 2.05) is 7.11 Å². The minimum Gasteiger partial charge on any atom is -0.384 e. The van der Waals surface area contributed by atoms with Crippen molar-refractivity contribution in [3.05, 3.63) is 0 Å². The van der Waals surface area contributed by atoms with Gasteiger partial charge in [-0.1, -0.05) is 6.42 Å².